The van der Waals surface area contributed by atoms with Gasteiger partial charge in [-0.3, -0.25) is 4.99 Å². The summed E-state index contributed by atoms with van der Waals surface area (Å²) in [5, 5.41) is 0. The van der Waals surface area contributed by atoms with Crippen LogP contribution in [0.1, 0.15) is 51.4 Å². The maximum absolute atomic E-state index is 4.31. The molecule has 0 heterocycles. The van der Waals surface area contributed by atoms with Gasteiger partial charge in [0.2, 0.25) is 0 Å². The predicted octanol–water partition coefficient (Wildman–Crippen LogP) is 3.19. The summed E-state index contributed by atoms with van der Waals surface area (Å²) in [6.07, 6.45) is 11.0. The second-order valence-corrected chi connectivity index (χ2v) is 3.41. The Labute approximate surface area is 69.9 Å². The molecule has 1 heteroatoms. The van der Waals surface area contributed by atoms with Gasteiger partial charge in [0.15, 0.2) is 0 Å². The lowest BCUT2D eigenvalue weighted by atomic mass is 10.1. The second kappa shape index (κ2) is 5.34. The van der Waals surface area contributed by atoms with Gasteiger partial charge in [-0.15, -0.1) is 0 Å². The maximum Gasteiger partial charge on any atom is 0.0276 e. The van der Waals surface area contributed by atoms with Crippen LogP contribution in [0.3, 0.4) is 0 Å². The van der Waals surface area contributed by atoms with Gasteiger partial charge in [0.25, 0.3) is 0 Å². The summed E-state index contributed by atoms with van der Waals surface area (Å²) in [4.78, 5) is 4.31. The van der Waals surface area contributed by atoms with Crippen LogP contribution in [0.4, 0.5) is 0 Å². The van der Waals surface area contributed by atoms with Gasteiger partial charge in [-0.2, -0.15) is 0 Å². The monoisotopic (exact) mass is 153 g/mol. The van der Waals surface area contributed by atoms with Crippen LogP contribution in [0.2, 0.25) is 0 Å². The Hall–Kier alpha value is -0.330. The van der Waals surface area contributed by atoms with Crippen LogP contribution in [-0.2, 0) is 0 Å². The van der Waals surface area contributed by atoms with Gasteiger partial charge in [0.1, 0.15) is 0 Å². The van der Waals surface area contributed by atoms with Gasteiger partial charge >= 0.3 is 0 Å². The van der Waals surface area contributed by atoms with Crippen LogP contribution in [0.5, 0.6) is 0 Å². The average Bonchev–Trinajstić information content (AvgIpc) is 2.16. The molecule has 1 fully saturated rings. The minimum absolute atomic E-state index is 1.26. The first-order valence-corrected chi connectivity index (χ1v) is 4.88. The summed E-state index contributed by atoms with van der Waals surface area (Å²) >= 11 is 0. The van der Waals surface area contributed by atoms with Crippen LogP contribution in [0, 0.1) is 0 Å². The van der Waals surface area contributed by atoms with Gasteiger partial charge in [0, 0.05) is 12.8 Å². The molecule has 64 valence electrons. The Balaban J connectivity index is 2.31. The van der Waals surface area contributed by atoms with Crippen molar-refractivity contribution in [1.29, 1.82) is 0 Å². The van der Waals surface area contributed by atoms with Crippen molar-refractivity contribution in [3.63, 3.8) is 0 Å². The van der Waals surface area contributed by atoms with Crippen LogP contribution >= 0.6 is 0 Å². The van der Waals surface area contributed by atoms with Gasteiger partial charge in [0.05, 0.1) is 0 Å². The number of nitrogens with zero attached hydrogens (tertiary/aromatic N) is 1. The molecule has 0 saturated heterocycles. The van der Waals surface area contributed by atoms with E-state index < -0.39 is 0 Å². The number of rotatable bonds is 0. The van der Waals surface area contributed by atoms with E-state index in [0.717, 1.165) is 0 Å². The predicted molar refractivity (Wildman–Crippen MR) is 50.3 cm³/mol. The fourth-order valence-electron chi connectivity index (χ4n) is 1.71. The third kappa shape index (κ3) is 3.54. The highest BCUT2D eigenvalue weighted by molar-refractivity contribution is 5.84. The number of aliphatic imine (C=N–C) groups is 1. The third-order valence-corrected chi connectivity index (χ3v) is 2.50. The smallest absolute Gasteiger partial charge is 0.0276 e. The molecule has 0 aliphatic heterocycles. The molecule has 1 nitrogen and oxygen atoms in total. The first-order valence-electron chi connectivity index (χ1n) is 4.88. The van der Waals surface area contributed by atoms with Crippen molar-refractivity contribution in [3.05, 3.63) is 0 Å². The van der Waals surface area contributed by atoms with Crippen molar-refractivity contribution < 1.29 is 0 Å². The fourth-order valence-corrected chi connectivity index (χ4v) is 1.71. The van der Waals surface area contributed by atoms with Crippen molar-refractivity contribution in [3.8, 4) is 0 Å². The summed E-state index contributed by atoms with van der Waals surface area (Å²) in [7, 11) is 1.94. The van der Waals surface area contributed by atoms with Crippen molar-refractivity contribution in [1.82, 2.24) is 0 Å². The average molecular weight is 153 g/mol. The van der Waals surface area contributed by atoms with Crippen LogP contribution in [-0.4, -0.2) is 12.8 Å². The summed E-state index contributed by atoms with van der Waals surface area (Å²) in [6, 6.07) is 0. The molecule has 1 aliphatic rings. The molecule has 0 aromatic heterocycles. The maximum atomic E-state index is 4.31. The zero-order chi connectivity index (χ0) is 7.94. The molecule has 0 aromatic carbocycles. The topological polar surface area (TPSA) is 12.4 Å². The van der Waals surface area contributed by atoms with E-state index in [0.29, 0.717) is 0 Å². The lowest BCUT2D eigenvalue weighted by Gasteiger charge is -2.01. The standard InChI is InChI=1S/C10H19N/c1-11-10-8-6-4-2-3-5-7-9-10/h2-9H2,1H3. The Bertz CT molecular complexity index is 115. The lowest BCUT2D eigenvalue weighted by molar-refractivity contribution is 0.624. The molecular formula is C10H19N. The van der Waals surface area contributed by atoms with Crippen LogP contribution in [0.15, 0.2) is 4.99 Å². The molecule has 0 unspecified atom stereocenters. The molecule has 0 N–H and O–H groups in total. The summed E-state index contributed by atoms with van der Waals surface area (Å²) in [6.45, 7) is 0. The minimum atomic E-state index is 1.26. The van der Waals surface area contributed by atoms with Crippen molar-refractivity contribution >= 4 is 5.71 Å². The number of hydrogen-bond acceptors (Lipinski definition) is 1. The van der Waals surface area contributed by atoms with E-state index in [-0.39, 0.29) is 0 Å². The van der Waals surface area contributed by atoms with E-state index in [9.17, 15) is 0 Å². The molecule has 0 radical (unpaired) electrons. The fraction of sp³-hybridized carbons (Fsp3) is 0.900. The first kappa shape index (κ1) is 8.76. The largest absolute Gasteiger partial charge is 0.297 e. The second-order valence-electron chi connectivity index (χ2n) is 3.41. The lowest BCUT2D eigenvalue weighted by Crippen LogP contribution is -1.96. The molecule has 0 bridgehead atoms. The summed E-state index contributed by atoms with van der Waals surface area (Å²) in [5.74, 6) is 0. The highest BCUT2D eigenvalue weighted by Gasteiger charge is 2.02. The SMILES string of the molecule is CN=C1CCCCCCCC1. The Kier molecular flexibility index (Phi) is 4.25. The summed E-state index contributed by atoms with van der Waals surface area (Å²) < 4.78 is 0. The zero-order valence-corrected chi connectivity index (χ0v) is 7.60. The van der Waals surface area contributed by atoms with E-state index in [1.807, 2.05) is 7.05 Å². The van der Waals surface area contributed by atoms with Gasteiger partial charge in [-0.25, -0.2) is 0 Å². The summed E-state index contributed by atoms with van der Waals surface area (Å²) in [5.41, 5.74) is 1.45. The van der Waals surface area contributed by atoms with E-state index in [4.69, 9.17) is 0 Å². The van der Waals surface area contributed by atoms with Gasteiger partial charge in [-0.1, -0.05) is 25.7 Å². The highest BCUT2D eigenvalue weighted by Crippen LogP contribution is 2.14. The zero-order valence-electron chi connectivity index (χ0n) is 7.60. The number of hydrogen-bond donors (Lipinski definition) is 0. The first-order chi connectivity index (χ1) is 5.43. The Morgan fingerprint density at radius 3 is 1.73 bits per heavy atom. The highest BCUT2D eigenvalue weighted by atomic mass is 14.7. The molecule has 0 aromatic rings. The van der Waals surface area contributed by atoms with Gasteiger partial charge < -0.3 is 0 Å². The Morgan fingerprint density at radius 1 is 0.818 bits per heavy atom. The molecule has 1 saturated carbocycles. The van der Waals surface area contributed by atoms with E-state index in [1.165, 1.54) is 57.1 Å². The Morgan fingerprint density at radius 2 is 1.27 bits per heavy atom. The van der Waals surface area contributed by atoms with E-state index >= 15 is 0 Å². The van der Waals surface area contributed by atoms with E-state index in [1.54, 1.807) is 0 Å². The molecule has 0 atom stereocenters. The van der Waals surface area contributed by atoms with E-state index in [2.05, 4.69) is 4.99 Å². The van der Waals surface area contributed by atoms with Crippen molar-refractivity contribution in [2.45, 2.75) is 51.4 Å². The molecular weight excluding hydrogens is 134 g/mol. The molecule has 11 heavy (non-hydrogen) atoms. The molecule has 1 rings (SSSR count). The van der Waals surface area contributed by atoms with Crippen LogP contribution in [0.25, 0.3) is 0 Å². The van der Waals surface area contributed by atoms with Crippen LogP contribution < -0.4 is 0 Å². The van der Waals surface area contributed by atoms with Gasteiger partial charge in [-0.05, 0) is 25.7 Å². The normalized spacial score (nSPS) is 21.7. The van der Waals surface area contributed by atoms with Crippen molar-refractivity contribution in [2.24, 2.45) is 4.99 Å². The third-order valence-electron chi connectivity index (χ3n) is 2.50. The molecule has 0 amide bonds. The molecule has 1 aliphatic carbocycles. The molecule has 0 spiro atoms. The quantitative estimate of drug-likeness (QED) is 0.507. The minimum Gasteiger partial charge on any atom is -0.297 e. The van der Waals surface area contributed by atoms with Crippen molar-refractivity contribution in [2.75, 3.05) is 7.05 Å².